The second-order valence-corrected chi connectivity index (χ2v) is 7.20. The van der Waals surface area contributed by atoms with Crippen LogP contribution in [0.5, 0.6) is 0 Å². The van der Waals surface area contributed by atoms with Crippen LogP contribution in [0.1, 0.15) is 24.2 Å². The van der Waals surface area contributed by atoms with Gasteiger partial charge in [-0.1, -0.05) is 41.9 Å². The van der Waals surface area contributed by atoms with Crippen molar-refractivity contribution < 1.29 is 10.1 Å². The van der Waals surface area contributed by atoms with Gasteiger partial charge in [0, 0.05) is 17.6 Å². The number of amides is 1. The fourth-order valence-electron chi connectivity index (χ4n) is 3.09. The summed E-state index contributed by atoms with van der Waals surface area (Å²) in [6.07, 6.45) is 0. The number of para-hydroxylation sites is 1. The van der Waals surface area contributed by atoms with Crippen LogP contribution in [0, 0.1) is 6.92 Å². The highest BCUT2D eigenvalue weighted by Gasteiger charge is 2.19. The van der Waals surface area contributed by atoms with E-state index in [4.69, 9.17) is 11.6 Å². The molecule has 0 unspecified atom stereocenters. The molecule has 1 heterocycles. The number of anilines is 1. The average Bonchev–Trinajstić information content (AvgIpc) is 2.90. The Bertz CT molecular complexity index is 1020. The van der Waals surface area contributed by atoms with Gasteiger partial charge in [-0.05, 0) is 38.1 Å². The summed E-state index contributed by atoms with van der Waals surface area (Å²) in [5.74, 6) is -0.216. The fraction of sp³-hybridized carbons (Fsp3) is 0.238. The fourth-order valence-corrected chi connectivity index (χ4v) is 3.21. The molecule has 0 fully saturated rings. The van der Waals surface area contributed by atoms with E-state index in [1.807, 2.05) is 73.8 Å². The Morgan fingerprint density at radius 3 is 2.43 bits per heavy atom. The summed E-state index contributed by atoms with van der Waals surface area (Å²) >= 11 is 5.91. The van der Waals surface area contributed by atoms with Crippen molar-refractivity contribution in [3.8, 4) is 5.69 Å². The molecule has 0 aliphatic heterocycles. The third-order valence-corrected chi connectivity index (χ3v) is 5.12. The van der Waals surface area contributed by atoms with E-state index in [2.05, 4.69) is 5.32 Å². The molecule has 0 saturated heterocycles. The minimum absolute atomic E-state index is 0.0980. The molecule has 0 saturated carbocycles. The Balaban J connectivity index is 1.71. The van der Waals surface area contributed by atoms with Crippen LogP contribution in [-0.4, -0.2) is 21.8 Å². The predicted molar refractivity (Wildman–Crippen MR) is 111 cm³/mol. The summed E-state index contributed by atoms with van der Waals surface area (Å²) < 4.78 is 3.29. The second kappa shape index (κ2) is 8.46. The average molecular weight is 400 g/mol. The minimum Gasteiger partial charge on any atom is -0.333 e. The summed E-state index contributed by atoms with van der Waals surface area (Å²) in [6.45, 7) is 4.05. The maximum Gasteiger partial charge on any atom is 0.295 e. The van der Waals surface area contributed by atoms with Crippen LogP contribution < -0.4 is 16.2 Å². The van der Waals surface area contributed by atoms with E-state index in [1.54, 1.807) is 16.4 Å². The Morgan fingerprint density at radius 1 is 1.14 bits per heavy atom. The summed E-state index contributed by atoms with van der Waals surface area (Å²) in [4.78, 5) is 25.3. The number of nitrogens with zero attached hydrogens (tertiary/aromatic N) is 2. The van der Waals surface area contributed by atoms with E-state index < -0.39 is 0 Å². The van der Waals surface area contributed by atoms with E-state index >= 15 is 0 Å². The summed E-state index contributed by atoms with van der Waals surface area (Å²) in [5, 5.41) is 5.39. The van der Waals surface area contributed by atoms with Gasteiger partial charge in [0.2, 0.25) is 0 Å². The molecule has 0 radical (unpaired) electrons. The molecule has 2 aromatic carbocycles. The van der Waals surface area contributed by atoms with Gasteiger partial charge in [0.15, 0.2) is 6.54 Å². The molecule has 3 aromatic rings. The molecule has 6 nitrogen and oxygen atoms in total. The summed E-state index contributed by atoms with van der Waals surface area (Å²) in [6, 6.07) is 17.0. The van der Waals surface area contributed by atoms with Gasteiger partial charge in [-0.25, -0.2) is 4.68 Å². The van der Waals surface area contributed by atoms with E-state index in [9.17, 15) is 9.59 Å². The lowest BCUT2D eigenvalue weighted by atomic mass is 10.1. The molecule has 146 valence electrons. The van der Waals surface area contributed by atoms with E-state index in [0.29, 0.717) is 16.4 Å². The molecule has 28 heavy (non-hydrogen) atoms. The Hall–Kier alpha value is -2.83. The van der Waals surface area contributed by atoms with Crippen LogP contribution in [0.2, 0.25) is 5.02 Å². The molecule has 1 atom stereocenters. The van der Waals surface area contributed by atoms with Gasteiger partial charge in [-0.2, -0.15) is 0 Å². The number of carbonyl (C=O) groups is 1. The molecular formula is C21H24ClN4O2+. The minimum atomic E-state index is -0.245. The van der Waals surface area contributed by atoms with Crippen LogP contribution >= 0.6 is 11.6 Å². The Kier molecular flexibility index (Phi) is 6.02. The van der Waals surface area contributed by atoms with E-state index in [1.165, 1.54) is 0 Å². The number of hydrogen-bond donors (Lipinski definition) is 2. The third kappa shape index (κ3) is 4.18. The molecular weight excluding hydrogens is 376 g/mol. The Labute approximate surface area is 168 Å². The van der Waals surface area contributed by atoms with Gasteiger partial charge in [0.1, 0.15) is 11.7 Å². The van der Waals surface area contributed by atoms with Gasteiger partial charge >= 0.3 is 0 Å². The monoisotopic (exact) mass is 399 g/mol. The predicted octanol–water partition coefficient (Wildman–Crippen LogP) is 2.40. The topological polar surface area (TPSA) is 72.6 Å². The van der Waals surface area contributed by atoms with Crippen LogP contribution in [0.25, 0.3) is 5.69 Å². The summed E-state index contributed by atoms with van der Waals surface area (Å²) in [7, 11) is 1.80. The van der Waals surface area contributed by atoms with Crippen molar-refractivity contribution in [2.45, 2.75) is 19.9 Å². The molecule has 0 bridgehead atoms. The molecule has 0 spiro atoms. The summed E-state index contributed by atoms with van der Waals surface area (Å²) in [5.41, 5.74) is 2.60. The van der Waals surface area contributed by atoms with Gasteiger partial charge < -0.3 is 10.6 Å². The van der Waals surface area contributed by atoms with Crippen molar-refractivity contribution in [3.63, 3.8) is 0 Å². The smallest absolute Gasteiger partial charge is 0.295 e. The molecule has 1 amide bonds. The lowest BCUT2D eigenvalue weighted by Gasteiger charge is -2.11. The number of carbonyl (C=O) groups excluding carboxylic acids is 1. The van der Waals surface area contributed by atoms with Crippen molar-refractivity contribution >= 4 is 23.2 Å². The third-order valence-electron chi connectivity index (χ3n) is 4.87. The number of benzene rings is 2. The first kappa shape index (κ1) is 19.9. The number of halogens is 1. The van der Waals surface area contributed by atoms with Crippen LogP contribution in [0.4, 0.5) is 5.69 Å². The maximum atomic E-state index is 12.8. The molecule has 0 aliphatic carbocycles. The number of quaternary nitrogens is 1. The van der Waals surface area contributed by atoms with Crippen molar-refractivity contribution in [1.82, 2.24) is 9.36 Å². The number of aromatic nitrogens is 2. The quantitative estimate of drug-likeness (QED) is 0.668. The number of rotatable bonds is 6. The zero-order valence-electron chi connectivity index (χ0n) is 16.1. The van der Waals surface area contributed by atoms with Gasteiger partial charge in [0.25, 0.3) is 11.5 Å². The molecule has 3 N–H and O–H groups in total. The van der Waals surface area contributed by atoms with Crippen LogP contribution in [0.15, 0.2) is 59.4 Å². The molecule has 1 aromatic heterocycles. The lowest BCUT2D eigenvalue weighted by Crippen LogP contribution is -2.86. The first-order valence-electron chi connectivity index (χ1n) is 9.11. The van der Waals surface area contributed by atoms with Crippen molar-refractivity contribution in [1.29, 1.82) is 0 Å². The highest BCUT2D eigenvalue weighted by atomic mass is 35.5. The molecule has 0 aliphatic rings. The zero-order chi connectivity index (χ0) is 20.3. The first-order chi connectivity index (χ1) is 13.4. The van der Waals surface area contributed by atoms with Gasteiger partial charge in [0.05, 0.1) is 11.4 Å². The molecule has 7 heteroatoms. The standard InChI is InChI=1S/C21H23ClN4O2/c1-14(16-9-11-17(22)12-10-16)23-13-19(27)24-20-15(2)25(3)26(21(20)28)18-7-5-4-6-8-18/h4-12,14,23H,13H2,1-3H3,(H,24,27)/p+1/t14-/m0/s1. The highest BCUT2D eigenvalue weighted by molar-refractivity contribution is 6.30. The number of nitrogens with two attached hydrogens (primary N) is 1. The van der Waals surface area contributed by atoms with Gasteiger partial charge in [-0.3, -0.25) is 14.3 Å². The lowest BCUT2D eigenvalue weighted by molar-refractivity contribution is -0.682. The van der Waals surface area contributed by atoms with Gasteiger partial charge in [-0.15, -0.1) is 0 Å². The highest BCUT2D eigenvalue weighted by Crippen LogP contribution is 2.14. The number of hydrogen-bond acceptors (Lipinski definition) is 2. The SMILES string of the molecule is Cc1c(NC(=O)C[NH2+][C@@H](C)c2ccc(Cl)cc2)c(=O)n(-c2ccccc2)n1C. The Morgan fingerprint density at radius 2 is 1.79 bits per heavy atom. The second-order valence-electron chi connectivity index (χ2n) is 6.76. The van der Waals surface area contributed by atoms with Crippen molar-refractivity contribution in [2.75, 3.05) is 11.9 Å². The molecule has 3 rings (SSSR count). The first-order valence-corrected chi connectivity index (χ1v) is 9.49. The largest absolute Gasteiger partial charge is 0.333 e. The zero-order valence-corrected chi connectivity index (χ0v) is 16.9. The van der Waals surface area contributed by atoms with Crippen molar-refractivity contribution in [3.05, 3.63) is 81.2 Å². The van der Waals surface area contributed by atoms with Crippen LogP contribution in [-0.2, 0) is 11.8 Å². The maximum absolute atomic E-state index is 12.8. The normalized spacial score (nSPS) is 12.0. The number of nitrogens with one attached hydrogen (secondary N) is 1. The van der Waals surface area contributed by atoms with E-state index in [-0.39, 0.29) is 24.1 Å². The van der Waals surface area contributed by atoms with Crippen LogP contribution in [0.3, 0.4) is 0 Å². The van der Waals surface area contributed by atoms with E-state index in [0.717, 1.165) is 11.3 Å². The van der Waals surface area contributed by atoms with Crippen molar-refractivity contribution in [2.24, 2.45) is 7.05 Å².